The molecule has 0 bridgehead atoms. The number of carbonyl (C=O) groups excluding carboxylic acids is 1. The molecule has 2 atom stereocenters. The Morgan fingerprint density at radius 2 is 1.50 bits per heavy atom. The number of hydrogen-bond donors (Lipinski definition) is 2. The van der Waals surface area contributed by atoms with Crippen molar-refractivity contribution in [3.05, 3.63) is 29.8 Å². The van der Waals surface area contributed by atoms with E-state index < -0.39 is 14.7 Å². The zero-order valence-electron chi connectivity index (χ0n) is 22.9. The Hall–Kier alpha value is -1.24. The normalized spacial score (nSPS) is 12.9. The van der Waals surface area contributed by atoms with Gasteiger partial charge in [0, 0.05) is 13.3 Å². The third-order valence-electron chi connectivity index (χ3n) is 5.95. The van der Waals surface area contributed by atoms with E-state index in [1.54, 1.807) is 0 Å². The molecule has 7 nitrogen and oxygen atoms in total. The van der Waals surface area contributed by atoms with Crippen LogP contribution in [0.4, 0.5) is 0 Å². The first-order valence-corrected chi connectivity index (χ1v) is 15.1. The first-order valence-electron chi connectivity index (χ1n) is 14.0. The van der Waals surface area contributed by atoms with Crippen molar-refractivity contribution in [3.8, 4) is 5.75 Å². The van der Waals surface area contributed by atoms with Crippen molar-refractivity contribution in [1.29, 1.82) is 0 Å². The van der Waals surface area contributed by atoms with Crippen LogP contribution in [0.25, 0.3) is 0 Å². The van der Waals surface area contributed by atoms with Crippen LogP contribution in [0, 0.1) is 0 Å². The molecule has 8 heteroatoms. The standard InChI is InChI=1S/C28H50NO6P/c1-4-5-6-7-8-9-10-11-12-14-21-32-27-18-16-26(17-19-27)23-28(35-25(2)30)24-34-36(31)33-22-15-13-20-29-3/h16-19,28-29,31H,4-15,20-24H2,1-3H3/p+1. The monoisotopic (exact) mass is 528 g/mol. The van der Waals surface area contributed by atoms with Crippen LogP contribution >= 0.6 is 8.60 Å². The molecule has 208 valence electrons. The minimum Gasteiger partial charge on any atom is -0.494 e. The topological polar surface area (TPSA) is 90.8 Å². The van der Waals surface area contributed by atoms with E-state index in [0.717, 1.165) is 43.7 Å². The van der Waals surface area contributed by atoms with Crippen LogP contribution in [0.5, 0.6) is 5.75 Å². The number of benzene rings is 1. The molecular weight excluding hydrogens is 477 g/mol. The van der Waals surface area contributed by atoms with Crippen molar-refractivity contribution in [3.63, 3.8) is 0 Å². The smallest absolute Gasteiger partial charge is 0.329 e. The molecule has 0 aliphatic rings. The average molecular weight is 529 g/mol. The lowest BCUT2D eigenvalue weighted by atomic mass is 10.1. The highest BCUT2D eigenvalue weighted by Crippen LogP contribution is 2.33. The third kappa shape index (κ3) is 18.9. The SMILES string of the molecule is CCCCCCCCCCCCOc1ccc(CC(COP(O)OCCCC[NH2+]C)OC(C)=O)cc1. The molecule has 36 heavy (non-hydrogen) atoms. The lowest BCUT2D eigenvalue weighted by molar-refractivity contribution is -0.627. The average Bonchev–Trinajstić information content (AvgIpc) is 2.86. The number of carbonyl (C=O) groups is 1. The van der Waals surface area contributed by atoms with Crippen molar-refractivity contribution in [2.75, 3.05) is 33.4 Å². The minimum atomic E-state index is -1.98. The fourth-order valence-corrected chi connectivity index (χ4v) is 4.56. The number of esters is 1. The Morgan fingerprint density at radius 1 is 0.889 bits per heavy atom. The van der Waals surface area contributed by atoms with Crippen molar-refractivity contribution in [1.82, 2.24) is 0 Å². The van der Waals surface area contributed by atoms with E-state index in [-0.39, 0.29) is 12.6 Å². The van der Waals surface area contributed by atoms with Crippen LogP contribution in [-0.4, -0.2) is 50.4 Å². The Morgan fingerprint density at radius 3 is 2.11 bits per heavy atom. The summed E-state index contributed by atoms with van der Waals surface area (Å²) in [4.78, 5) is 21.5. The fraction of sp³-hybridized carbons (Fsp3) is 0.750. The lowest BCUT2D eigenvalue weighted by Crippen LogP contribution is -2.79. The number of nitrogens with two attached hydrogens (primary N) is 1. The van der Waals surface area contributed by atoms with E-state index >= 15 is 0 Å². The summed E-state index contributed by atoms with van der Waals surface area (Å²) in [5, 5.41) is 2.11. The number of ether oxygens (including phenoxy) is 2. The summed E-state index contributed by atoms with van der Waals surface area (Å²) in [6.07, 6.45) is 15.0. The maximum Gasteiger partial charge on any atom is 0.329 e. The van der Waals surface area contributed by atoms with Crippen molar-refractivity contribution in [2.45, 2.75) is 103 Å². The Labute approximate surface area is 220 Å². The number of hydrogen-bond acceptors (Lipinski definition) is 6. The van der Waals surface area contributed by atoms with Gasteiger partial charge in [0.15, 0.2) is 0 Å². The number of unbranched alkanes of at least 4 members (excludes halogenated alkanes) is 10. The summed E-state index contributed by atoms with van der Waals surface area (Å²) < 4.78 is 22.0. The fourth-order valence-electron chi connectivity index (χ4n) is 3.91. The van der Waals surface area contributed by atoms with Gasteiger partial charge in [-0.25, -0.2) is 0 Å². The second-order valence-electron chi connectivity index (χ2n) is 9.38. The summed E-state index contributed by atoms with van der Waals surface area (Å²) in [5.74, 6) is 0.474. The Kier molecular flexibility index (Phi) is 20.9. The molecule has 0 amide bonds. The summed E-state index contributed by atoms with van der Waals surface area (Å²) in [6, 6.07) is 7.86. The van der Waals surface area contributed by atoms with Crippen LogP contribution in [0.15, 0.2) is 24.3 Å². The molecule has 0 fully saturated rings. The highest BCUT2D eigenvalue weighted by Gasteiger charge is 2.17. The second-order valence-corrected chi connectivity index (χ2v) is 10.4. The molecule has 1 aromatic carbocycles. The van der Waals surface area contributed by atoms with Crippen LogP contribution in [-0.2, 0) is 25.0 Å². The third-order valence-corrected chi connectivity index (χ3v) is 6.72. The van der Waals surface area contributed by atoms with E-state index in [0.29, 0.717) is 13.0 Å². The van der Waals surface area contributed by atoms with Crippen molar-refractivity contribution >= 4 is 14.6 Å². The summed E-state index contributed by atoms with van der Waals surface area (Å²) in [7, 11) is 0.0479. The Bertz CT molecular complexity index is 645. The van der Waals surface area contributed by atoms with E-state index in [4.69, 9.17) is 18.5 Å². The van der Waals surface area contributed by atoms with Gasteiger partial charge in [-0.1, -0.05) is 76.8 Å². The van der Waals surface area contributed by atoms with Crippen LogP contribution in [0.2, 0.25) is 0 Å². The highest BCUT2D eigenvalue weighted by molar-refractivity contribution is 7.40. The molecule has 0 radical (unpaired) electrons. The summed E-state index contributed by atoms with van der Waals surface area (Å²) in [5.41, 5.74) is 1.01. The minimum absolute atomic E-state index is 0.0848. The van der Waals surface area contributed by atoms with Gasteiger partial charge in [0.25, 0.3) is 0 Å². The molecule has 0 saturated carbocycles. The number of quaternary nitrogens is 1. The molecular formula is C28H51NO6P+. The summed E-state index contributed by atoms with van der Waals surface area (Å²) >= 11 is 0. The highest BCUT2D eigenvalue weighted by atomic mass is 31.2. The van der Waals surface area contributed by atoms with Gasteiger partial charge >= 0.3 is 14.6 Å². The van der Waals surface area contributed by atoms with Gasteiger partial charge in [-0.05, 0) is 37.0 Å². The lowest BCUT2D eigenvalue weighted by Gasteiger charge is -2.19. The van der Waals surface area contributed by atoms with Gasteiger partial charge in [-0.15, -0.1) is 0 Å². The molecule has 0 heterocycles. The van der Waals surface area contributed by atoms with Gasteiger partial charge in [0.05, 0.1) is 33.4 Å². The van der Waals surface area contributed by atoms with Gasteiger partial charge < -0.3 is 28.7 Å². The largest absolute Gasteiger partial charge is 0.494 e. The maximum atomic E-state index is 11.5. The van der Waals surface area contributed by atoms with Gasteiger partial charge in [-0.3, -0.25) is 4.79 Å². The predicted molar refractivity (Wildman–Crippen MR) is 146 cm³/mol. The first kappa shape index (κ1) is 32.8. The van der Waals surface area contributed by atoms with Gasteiger partial charge in [0.1, 0.15) is 11.9 Å². The van der Waals surface area contributed by atoms with Crippen molar-refractivity contribution < 1.29 is 33.5 Å². The zero-order chi connectivity index (χ0) is 26.3. The maximum absolute atomic E-state index is 11.5. The van der Waals surface area contributed by atoms with E-state index in [9.17, 15) is 9.69 Å². The second kappa shape index (κ2) is 22.9. The quantitative estimate of drug-likeness (QED) is 0.102. The van der Waals surface area contributed by atoms with E-state index in [1.165, 1.54) is 64.7 Å². The molecule has 0 aromatic heterocycles. The molecule has 3 N–H and O–H groups in total. The molecule has 2 unspecified atom stereocenters. The molecule has 0 spiro atoms. The number of rotatable bonds is 24. The summed E-state index contributed by atoms with van der Waals surface area (Å²) in [6.45, 7) is 5.94. The van der Waals surface area contributed by atoms with E-state index in [1.807, 2.05) is 31.3 Å². The van der Waals surface area contributed by atoms with Gasteiger partial charge in [0.2, 0.25) is 0 Å². The van der Waals surface area contributed by atoms with Crippen LogP contribution in [0.3, 0.4) is 0 Å². The van der Waals surface area contributed by atoms with E-state index in [2.05, 4.69) is 12.2 Å². The van der Waals surface area contributed by atoms with Crippen LogP contribution in [0.1, 0.15) is 96.5 Å². The van der Waals surface area contributed by atoms with Gasteiger partial charge in [-0.2, -0.15) is 0 Å². The zero-order valence-corrected chi connectivity index (χ0v) is 23.8. The van der Waals surface area contributed by atoms with Crippen molar-refractivity contribution in [2.24, 2.45) is 0 Å². The molecule has 0 saturated heterocycles. The Balaban J connectivity index is 2.24. The van der Waals surface area contributed by atoms with Crippen LogP contribution < -0.4 is 10.1 Å². The predicted octanol–water partition coefficient (Wildman–Crippen LogP) is 5.69. The molecule has 0 aliphatic heterocycles. The molecule has 0 aliphatic carbocycles. The molecule has 1 aromatic rings. The molecule has 1 rings (SSSR count). The first-order chi connectivity index (χ1) is 17.5.